The van der Waals surface area contributed by atoms with E-state index in [2.05, 4.69) is 10.3 Å². The maximum atomic E-state index is 5.82. The predicted octanol–water partition coefficient (Wildman–Crippen LogP) is 0.301. The van der Waals surface area contributed by atoms with Crippen LogP contribution in [0.5, 0.6) is 0 Å². The van der Waals surface area contributed by atoms with Gasteiger partial charge < -0.3 is 11.1 Å². The maximum Gasteiger partial charge on any atom is 0.0422 e. The van der Waals surface area contributed by atoms with Crippen molar-refractivity contribution in [2.24, 2.45) is 5.73 Å². The standard InChI is InChI=1S/C8H13N3/c1-10-6-8(9)7-2-4-11-5-3-7/h2-5,8,10H,6,9H2,1H3. The summed E-state index contributed by atoms with van der Waals surface area (Å²) < 4.78 is 0. The maximum absolute atomic E-state index is 5.82. The minimum atomic E-state index is 0.0722. The second kappa shape index (κ2) is 4.05. The van der Waals surface area contributed by atoms with Crippen LogP contribution < -0.4 is 11.1 Å². The van der Waals surface area contributed by atoms with E-state index in [1.165, 1.54) is 0 Å². The van der Waals surface area contributed by atoms with Crippen LogP contribution in [0.4, 0.5) is 0 Å². The molecule has 0 aromatic carbocycles. The molecule has 0 fully saturated rings. The van der Waals surface area contributed by atoms with E-state index in [1.54, 1.807) is 12.4 Å². The van der Waals surface area contributed by atoms with Gasteiger partial charge >= 0.3 is 0 Å². The van der Waals surface area contributed by atoms with Crippen LogP contribution in [0.2, 0.25) is 0 Å². The van der Waals surface area contributed by atoms with Crippen molar-refractivity contribution in [2.75, 3.05) is 13.6 Å². The summed E-state index contributed by atoms with van der Waals surface area (Å²) in [5.41, 5.74) is 6.94. The van der Waals surface area contributed by atoms with Crippen molar-refractivity contribution in [1.29, 1.82) is 0 Å². The number of nitrogens with zero attached hydrogens (tertiary/aromatic N) is 1. The zero-order chi connectivity index (χ0) is 8.10. The second-order valence-electron chi connectivity index (χ2n) is 2.44. The van der Waals surface area contributed by atoms with Crippen LogP contribution >= 0.6 is 0 Å². The molecule has 1 aromatic rings. The number of hydrogen-bond donors (Lipinski definition) is 2. The molecule has 0 aliphatic carbocycles. The second-order valence-corrected chi connectivity index (χ2v) is 2.44. The summed E-state index contributed by atoms with van der Waals surface area (Å²) in [7, 11) is 1.89. The molecule has 0 saturated carbocycles. The van der Waals surface area contributed by atoms with Crippen LogP contribution in [0.1, 0.15) is 11.6 Å². The third-order valence-electron chi connectivity index (χ3n) is 1.56. The molecule has 60 valence electrons. The zero-order valence-corrected chi connectivity index (χ0v) is 6.62. The quantitative estimate of drug-likeness (QED) is 0.653. The fourth-order valence-corrected chi connectivity index (χ4v) is 0.948. The van der Waals surface area contributed by atoms with Gasteiger partial charge in [-0.05, 0) is 24.7 Å². The van der Waals surface area contributed by atoms with Crippen LogP contribution in [-0.4, -0.2) is 18.6 Å². The molecule has 1 aromatic heterocycles. The van der Waals surface area contributed by atoms with E-state index in [4.69, 9.17) is 5.73 Å². The van der Waals surface area contributed by atoms with Crippen molar-refractivity contribution in [1.82, 2.24) is 10.3 Å². The summed E-state index contributed by atoms with van der Waals surface area (Å²) in [5.74, 6) is 0. The van der Waals surface area contributed by atoms with E-state index < -0.39 is 0 Å². The molecule has 1 unspecified atom stereocenters. The van der Waals surface area contributed by atoms with E-state index in [0.29, 0.717) is 0 Å². The number of nitrogens with one attached hydrogen (secondary N) is 1. The van der Waals surface area contributed by atoms with E-state index in [-0.39, 0.29) is 6.04 Å². The van der Waals surface area contributed by atoms with Gasteiger partial charge in [-0.3, -0.25) is 4.98 Å². The highest BCUT2D eigenvalue weighted by molar-refractivity contribution is 5.14. The SMILES string of the molecule is CNCC(N)c1ccncc1. The predicted molar refractivity (Wildman–Crippen MR) is 45.1 cm³/mol. The molecule has 3 nitrogen and oxygen atoms in total. The Morgan fingerprint density at radius 2 is 2.18 bits per heavy atom. The minimum Gasteiger partial charge on any atom is -0.323 e. The average Bonchev–Trinajstić information content (AvgIpc) is 2.07. The Hall–Kier alpha value is -0.930. The molecule has 3 N–H and O–H groups in total. The number of rotatable bonds is 3. The summed E-state index contributed by atoms with van der Waals surface area (Å²) in [6, 6.07) is 3.94. The van der Waals surface area contributed by atoms with E-state index in [0.717, 1.165) is 12.1 Å². The van der Waals surface area contributed by atoms with Crippen LogP contribution in [0.15, 0.2) is 24.5 Å². The first kappa shape index (κ1) is 8.17. The summed E-state index contributed by atoms with van der Waals surface area (Å²) >= 11 is 0. The van der Waals surface area contributed by atoms with Crippen molar-refractivity contribution in [3.8, 4) is 0 Å². The van der Waals surface area contributed by atoms with Gasteiger partial charge in [0.05, 0.1) is 0 Å². The molecule has 0 radical (unpaired) electrons. The van der Waals surface area contributed by atoms with E-state index in [1.807, 2.05) is 19.2 Å². The Balaban J connectivity index is 2.61. The molecular formula is C8H13N3. The Labute approximate surface area is 66.6 Å². The molecule has 1 rings (SSSR count). The third-order valence-corrected chi connectivity index (χ3v) is 1.56. The highest BCUT2D eigenvalue weighted by Crippen LogP contribution is 2.05. The largest absolute Gasteiger partial charge is 0.323 e. The van der Waals surface area contributed by atoms with Gasteiger partial charge in [0, 0.05) is 25.0 Å². The number of likely N-dealkylation sites (N-methyl/N-ethyl adjacent to an activating group) is 1. The smallest absolute Gasteiger partial charge is 0.0422 e. The highest BCUT2D eigenvalue weighted by atomic mass is 14.9. The summed E-state index contributed by atoms with van der Waals surface area (Å²) in [6.07, 6.45) is 3.51. The van der Waals surface area contributed by atoms with E-state index in [9.17, 15) is 0 Å². The molecule has 0 aliphatic heterocycles. The topological polar surface area (TPSA) is 50.9 Å². The lowest BCUT2D eigenvalue weighted by molar-refractivity contribution is 0.652. The van der Waals surface area contributed by atoms with Gasteiger partial charge in [-0.2, -0.15) is 0 Å². The van der Waals surface area contributed by atoms with Crippen LogP contribution in [0.25, 0.3) is 0 Å². The summed E-state index contributed by atoms with van der Waals surface area (Å²) in [4.78, 5) is 3.91. The number of pyridine rings is 1. The highest BCUT2D eigenvalue weighted by Gasteiger charge is 2.01. The van der Waals surface area contributed by atoms with Crippen molar-refractivity contribution >= 4 is 0 Å². The monoisotopic (exact) mass is 151 g/mol. The van der Waals surface area contributed by atoms with Crippen molar-refractivity contribution < 1.29 is 0 Å². The number of nitrogens with two attached hydrogens (primary N) is 1. The van der Waals surface area contributed by atoms with Gasteiger partial charge in [-0.15, -0.1) is 0 Å². The zero-order valence-electron chi connectivity index (χ0n) is 6.62. The van der Waals surface area contributed by atoms with E-state index >= 15 is 0 Å². The summed E-state index contributed by atoms with van der Waals surface area (Å²) in [5, 5.41) is 3.02. The van der Waals surface area contributed by atoms with Crippen LogP contribution in [0, 0.1) is 0 Å². The molecule has 0 amide bonds. The third kappa shape index (κ3) is 2.29. The van der Waals surface area contributed by atoms with Crippen LogP contribution in [0.3, 0.4) is 0 Å². The molecule has 1 heterocycles. The van der Waals surface area contributed by atoms with Gasteiger partial charge in [0.1, 0.15) is 0 Å². The Morgan fingerprint density at radius 1 is 1.55 bits per heavy atom. The fourth-order valence-electron chi connectivity index (χ4n) is 0.948. The van der Waals surface area contributed by atoms with Gasteiger partial charge in [-0.25, -0.2) is 0 Å². The minimum absolute atomic E-state index is 0.0722. The van der Waals surface area contributed by atoms with Gasteiger partial charge in [0.2, 0.25) is 0 Å². The van der Waals surface area contributed by atoms with Gasteiger partial charge in [0.25, 0.3) is 0 Å². The lowest BCUT2D eigenvalue weighted by Gasteiger charge is -2.09. The van der Waals surface area contributed by atoms with Gasteiger partial charge in [0.15, 0.2) is 0 Å². The number of hydrogen-bond acceptors (Lipinski definition) is 3. The van der Waals surface area contributed by atoms with Gasteiger partial charge in [-0.1, -0.05) is 0 Å². The molecule has 0 aliphatic rings. The van der Waals surface area contributed by atoms with Crippen LogP contribution in [-0.2, 0) is 0 Å². The molecule has 0 spiro atoms. The average molecular weight is 151 g/mol. The molecule has 1 atom stereocenters. The Kier molecular flexibility index (Phi) is 3.01. The number of aromatic nitrogens is 1. The summed E-state index contributed by atoms with van der Waals surface area (Å²) in [6.45, 7) is 0.796. The molecule has 0 saturated heterocycles. The first-order valence-electron chi connectivity index (χ1n) is 3.64. The first-order chi connectivity index (χ1) is 5.34. The normalized spacial score (nSPS) is 12.9. The Morgan fingerprint density at radius 3 is 2.73 bits per heavy atom. The Bertz CT molecular complexity index is 198. The molecule has 0 bridgehead atoms. The molecular weight excluding hydrogens is 138 g/mol. The van der Waals surface area contributed by atoms with Crippen molar-refractivity contribution in [2.45, 2.75) is 6.04 Å². The molecule has 11 heavy (non-hydrogen) atoms. The van der Waals surface area contributed by atoms with Crippen molar-refractivity contribution in [3.05, 3.63) is 30.1 Å². The molecule has 3 heteroatoms. The fraction of sp³-hybridized carbons (Fsp3) is 0.375. The lowest BCUT2D eigenvalue weighted by Crippen LogP contribution is -2.23. The van der Waals surface area contributed by atoms with Crippen molar-refractivity contribution in [3.63, 3.8) is 0 Å². The first-order valence-corrected chi connectivity index (χ1v) is 3.64. The lowest BCUT2D eigenvalue weighted by atomic mass is 10.1.